The van der Waals surface area contributed by atoms with Crippen LogP contribution in [0, 0.1) is 0 Å². The van der Waals surface area contributed by atoms with Crippen LogP contribution in [0.15, 0.2) is 17.2 Å². The molecule has 0 spiro atoms. The number of nitrogens with zero attached hydrogens (tertiary/aromatic N) is 3. The third-order valence-corrected chi connectivity index (χ3v) is 2.25. The van der Waals surface area contributed by atoms with Crippen LogP contribution in [0.4, 0.5) is 5.82 Å². The molecule has 6 heteroatoms. The van der Waals surface area contributed by atoms with E-state index in [1.807, 2.05) is 0 Å². The zero-order chi connectivity index (χ0) is 12.1. The minimum atomic E-state index is -0.137. The number of aryl methyl sites for hydroxylation is 1. The highest BCUT2D eigenvalue weighted by Gasteiger charge is 2.12. The van der Waals surface area contributed by atoms with Gasteiger partial charge in [-0.25, -0.2) is 4.98 Å². The monoisotopic (exact) mass is 226 g/mol. The third-order valence-electron chi connectivity index (χ3n) is 2.25. The molecule has 2 N–H and O–H groups in total. The maximum atomic E-state index is 11.7. The molecule has 0 amide bonds. The van der Waals surface area contributed by atoms with Crippen molar-refractivity contribution in [1.29, 1.82) is 0 Å². The van der Waals surface area contributed by atoms with Crippen molar-refractivity contribution in [3.63, 3.8) is 0 Å². The first-order chi connectivity index (χ1) is 7.56. The van der Waals surface area contributed by atoms with Crippen molar-refractivity contribution in [1.82, 2.24) is 9.55 Å². The highest BCUT2D eigenvalue weighted by atomic mass is 16.5. The first-order valence-corrected chi connectivity index (χ1v) is 5.03. The maximum absolute atomic E-state index is 11.7. The number of nitrogens with two attached hydrogens (primary N) is 1. The minimum Gasteiger partial charge on any atom is -0.383 e. The van der Waals surface area contributed by atoms with Crippen molar-refractivity contribution < 1.29 is 4.74 Å². The van der Waals surface area contributed by atoms with Crippen LogP contribution in [0.2, 0.25) is 0 Å². The SMILES string of the molecule is COCC(N)CN(C)c1nccn(C)c1=O. The normalized spacial score (nSPS) is 12.5. The molecular weight excluding hydrogens is 208 g/mol. The highest BCUT2D eigenvalue weighted by Crippen LogP contribution is 2.00. The number of anilines is 1. The Morgan fingerprint density at radius 1 is 1.69 bits per heavy atom. The van der Waals surface area contributed by atoms with Gasteiger partial charge < -0.3 is 19.9 Å². The molecule has 1 aromatic rings. The van der Waals surface area contributed by atoms with E-state index >= 15 is 0 Å². The van der Waals surface area contributed by atoms with Crippen molar-refractivity contribution in [2.24, 2.45) is 12.8 Å². The zero-order valence-electron chi connectivity index (χ0n) is 9.88. The standard InChI is InChI=1S/C10H18N4O2/c1-13-5-4-12-9(10(13)15)14(2)6-8(11)7-16-3/h4-5,8H,6-7,11H2,1-3H3. The quantitative estimate of drug-likeness (QED) is 0.711. The summed E-state index contributed by atoms with van der Waals surface area (Å²) in [6, 6.07) is -0.137. The fourth-order valence-corrected chi connectivity index (χ4v) is 1.45. The van der Waals surface area contributed by atoms with Gasteiger partial charge in [-0.3, -0.25) is 4.79 Å². The van der Waals surface area contributed by atoms with E-state index in [2.05, 4.69) is 4.98 Å². The van der Waals surface area contributed by atoms with Gasteiger partial charge in [-0.15, -0.1) is 0 Å². The van der Waals surface area contributed by atoms with Gasteiger partial charge in [0.1, 0.15) is 0 Å². The van der Waals surface area contributed by atoms with Crippen LogP contribution in [0.25, 0.3) is 0 Å². The van der Waals surface area contributed by atoms with Crippen molar-refractivity contribution in [3.8, 4) is 0 Å². The molecule has 1 atom stereocenters. The van der Waals surface area contributed by atoms with E-state index in [-0.39, 0.29) is 11.6 Å². The lowest BCUT2D eigenvalue weighted by molar-refractivity contribution is 0.181. The molecule has 1 unspecified atom stereocenters. The Morgan fingerprint density at radius 2 is 2.38 bits per heavy atom. The van der Waals surface area contributed by atoms with Gasteiger partial charge in [-0.1, -0.05) is 0 Å². The summed E-state index contributed by atoms with van der Waals surface area (Å²) in [6.45, 7) is 0.984. The molecule has 0 aliphatic rings. The molecular formula is C10H18N4O2. The van der Waals surface area contributed by atoms with Gasteiger partial charge >= 0.3 is 0 Å². The predicted octanol–water partition coefficient (Wildman–Crippen LogP) is -0.810. The second-order valence-corrected chi connectivity index (χ2v) is 3.76. The largest absolute Gasteiger partial charge is 0.383 e. The number of ether oxygens (including phenoxy) is 1. The molecule has 0 saturated carbocycles. The van der Waals surface area contributed by atoms with E-state index in [0.29, 0.717) is 19.0 Å². The summed E-state index contributed by atoms with van der Waals surface area (Å²) in [6.07, 6.45) is 3.21. The number of methoxy groups -OCH3 is 1. The lowest BCUT2D eigenvalue weighted by atomic mass is 10.3. The first-order valence-electron chi connectivity index (χ1n) is 5.03. The Balaban J connectivity index is 2.77. The predicted molar refractivity (Wildman–Crippen MR) is 62.6 cm³/mol. The fraction of sp³-hybridized carbons (Fsp3) is 0.600. The molecule has 0 aliphatic heterocycles. The Bertz CT molecular complexity index is 391. The zero-order valence-corrected chi connectivity index (χ0v) is 9.88. The van der Waals surface area contributed by atoms with E-state index in [4.69, 9.17) is 10.5 Å². The molecule has 90 valence electrons. The van der Waals surface area contributed by atoms with E-state index in [0.717, 1.165) is 0 Å². The molecule has 0 fully saturated rings. The highest BCUT2D eigenvalue weighted by molar-refractivity contribution is 5.34. The van der Waals surface area contributed by atoms with Crippen LogP contribution in [-0.4, -0.2) is 42.9 Å². The number of hydrogen-bond donors (Lipinski definition) is 1. The molecule has 0 radical (unpaired) electrons. The summed E-state index contributed by atoms with van der Waals surface area (Å²) in [5.41, 5.74) is 5.68. The van der Waals surface area contributed by atoms with Crippen molar-refractivity contribution in [2.45, 2.75) is 6.04 Å². The minimum absolute atomic E-state index is 0.130. The Kier molecular flexibility index (Phi) is 4.45. The van der Waals surface area contributed by atoms with Crippen LogP contribution >= 0.6 is 0 Å². The molecule has 0 aromatic carbocycles. The van der Waals surface area contributed by atoms with E-state index in [9.17, 15) is 4.79 Å². The van der Waals surface area contributed by atoms with E-state index < -0.39 is 0 Å². The molecule has 0 bridgehead atoms. The first kappa shape index (κ1) is 12.7. The van der Waals surface area contributed by atoms with E-state index in [1.165, 1.54) is 4.57 Å². The molecule has 0 aliphatic carbocycles. The molecule has 1 aromatic heterocycles. The van der Waals surface area contributed by atoms with Gasteiger partial charge in [0.25, 0.3) is 5.56 Å². The average Bonchev–Trinajstić information content (AvgIpc) is 2.22. The van der Waals surface area contributed by atoms with Crippen molar-refractivity contribution in [3.05, 3.63) is 22.7 Å². The Labute approximate surface area is 94.6 Å². The molecule has 0 saturated heterocycles. The van der Waals surface area contributed by atoms with Gasteiger partial charge in [-0.05, 0) is 0 Å². The van der Waals surface area contributed by atoms with Crippen molar-refractivity contribution in [2.75, 3.05) is 32.2 Å². The second kappa shape index (κ2) is 5.62. The van der Waals surface area contributed by atoms with Crippen LogP contribution in [-0.2, 0) is 11.8 Å². The molecule has 6 nitrogen and oxygen atoms in total. The summed E-state index contributed by atoms with van der Waals surface area (Å²) in [4.78, 5) is 17.5. The summed E-state index contributed by atoms with van der Waals surface area (Å²) in [5.74, 6) is 0.400. The summed E-state index contributed by atoms with van der Waals surface area (Å²) in [5, 5.41) is 0. The second-order valence-electron chi connectivity index (χ2n) is 3.76. The van der Waals surface area contributed by atoms with Crippen LogP contribution in [0.3, 0.4) is 0 Å². The van der Waals surface area contributed by atoms with Gasteiger partial charge in [0.05, 0.1) is 6.61 Å². The van der Waals surface area contributed by atoms with Crippen LogP contribution in [0.5, 0.6) is 0 Å². The summed E-state index contributed by atoms with van der Waals surface area (Å²) >= 11 is 0. The molecule has 1 rings (SSSR count). The van der Waals surface area contributed by atoms with Gasteiger partial charge in [0, 0.05) is 46.2 Å². The number of hydrogen-bond acceptors (Lipinski definition) is 5. The molecule has 1 heterocycles. The van der Waals surface area contributed by atoms with Gasteiger partial charge in [0.2, 0.25) is 0 Å². The number of rotatable bonds is 5. The Hall–Kier alpha value is -1.40. The summed E-state index contributed by atoms with van der Waals surface area (Å²) < 4.78 is 6.43. The van der Waals surface area contributed by atoms with Crippen molar-refractivity contribution >= 4 is 5.82 Å². The molecule has 16 heavy (non-hydrogen) atoms. The van der Waals surface area contributed by atoms with Crippen LogP contribution in [0.1, 0.15) is 0 Å². The average molecular weight is 226 g/mol. The van der Waals surface area contributed by atoms with Gasteiger partial charge in [-0.2, -0.15) is 0 Å². The van der Waals surface area contributed by atoms with Gasteiger partial charge in [0.15, 0.2) is 5.82 Å². The lowest BCUT2D eigenvalue weighted by Crippen LogP contribution is -2.41. The lowest BCUT2D eigenvalue weighted by Gasteiger charge is -2.21. The number of likely N-dealkylation sites (N-methyl/N-ethyl adjacent to an activating group) is 1. The smallest absolute Gasteiger partial charge is 0.293 e. The Morgan fingerprint density at radius 3 is 3.00 bits per heavy atom. The van der Waals surface area contributed by atoms with E-state index in [1.54, 1.807) is 38.5 Å². The fourth-order valence-electron chi connectivity index (χ4n) is 1.45. The third kappa shape index (κ3) is 3.04. The maximum Gasteiger partial charge on any atom is 0.293 e. The summed E-state index contributed by atoms with van der Waals surface area (Å²) in [7, 11) is 5.08. The van der Waals surface area contributed by atoms with Crippen LogP contribution < -0.4 is 16.2 Å². The topological polar surface area (TPSA) is 73.4 Å². The number of aromatic nitrogens is 2.